The highest BCUT2D eigenvalue weighted by Crippen LogP contribution is 2.36. The van der Waals surface area contributed by atoms with E-state index in [0.29, 0.717) is 11.1 Å². The molecule has 1 saturated heterocycles. The summed E-state index contributed by atoms with van der Waals surface area (Å²) in [5.41, 5.74) is 0.944. The summed E-state index contributed by atoms with van der Waals surface area (Å²) in [5.74, 6) is 0. The summed E-state index contributed by atoms with van der Waals surface area (Å²) in [6.07, 6.45) is 6.97. The van der Waals surface area contributed by atoms with Gasteiger partial charge in [-0.05, 0) is 47.5 Å². The topological polar surface area (TPSA) is 15.3 Å². The molecule has 1 saturated carbocycles. The lowest BCUT2D eigenvalue weighted by Gasteiger charge is -2.56. The van der Waals surface area contributed by atoms with E-state index >= 15 is 0 Å². The molecule has 2 nitrogen and oxygen atoms in total. The van der Waals surface area contributed by atoms with Crippen LogP contribution in [0.3, 0.4) is 0 Å². The minimum atomic E-state index is 0.253. The highest BCUT2D eigenvalue weighted by atomic mass is 15.3. The Bertz CT molecular complexity index is 269. The van der Waals surface area contributed by atoms with Crippen LogP contribution >= 0.6 is 0 Å². The SMILES string of the molecule is CC1(C)CN(C(C)(C)C)CC2(CCCCC2)N1. The van der Waals surface area contributed by atoms with Crippen LogP contribution in [0.2, 0.25) is 0 Å². The first kappa shape index (κ1) is 13.4. The number of rotatable bonds is 0. The molecule has 0 aromatic heterocycles. The molecule has 2 fully saturated rings. The van der Waals surface area contributed by atoms with Crippen molar-refractivity contribution in [2.45, 2.75) is 83.3 Å². The predicted molar refractivity (Wildman–Crippen MR) is 74.4 cm³/mol. The van der Waals surface area contributed by atoms with Crippen molar-refractivity contribution in [3.8, 4) is 0 Å². The van der Waals surface area contributed by atoms with E-state index in [0.717, 1.165) is 6.54 Å². The summed E-state index contributed by atoms with van der Waals surface area (Å²) in [6.45, 7) is 14.2. The summed E-state index contributed by atoms with van der Waals surface area (Å²) < 4.78 is 0. The molecule has 1 heterocycles. The summed E-state index contributed by atoms with van der Waals surface area (Å²) in [7, 11) is 0. The van der Waals surface area contributed by atoms with Crippen molar-refractivity contribution in [3.05, 3.63) is 0 Å². The fourth-order valence-electron chi connectivity index (χ4n) is 3.68. The molecule has 17 heavy (non-hydrogen) atoms. The third kappa shape index (κ3) is 3.03. The van der Waals surface area contributed by atoms with E-state index in [-0.39, 0.29) is 5.54 Å². The lowest BCUT2D eigenvalue weighted by molar-refractivity contribution is -0.0107. The largest absolute Gasteiger partial charge is 0.304 e. The quantitative estimate of drug-likeness (QED) is 0.697. The molecule has 1 spiro atoms. The van der Waals surface area contributed by atoms with E-state index in [2.05, 4.69) is 44.8 Å². The number of nitrogens with zero attached hydrogens (tertiary/aromatic N) is 1. The third-order valence-corrected chi connectivity index (χ3v) is 4.44. The lowest BCUT2D eigenvalue weighted by Crippen LogP contribution is -2.71. The Morgan fingerprint density at radius 1 is 0.941 bits per heavy atom. The van der Waals surface area contributed by atoms with E-state index in [1.54, 1.807) is 0 Å². The molecule has 1 aliphatic heterocycles. The molecular weight excluding hydrogens is 208 g/mol. The zero-order valence-corrected chi connectivity index (χ0v) is 12.4. The molecule has 100 valence electrons. The van der Waals surface area contributed by atoms with Gasteiger partial charge in [-0.25, -0.2) is 0 Å². The number of piperazine rings is 1. The van der Waals surface area contributed by atoms with Gasteiger partial charge in [0, 0.05) is 29.7 Å². The van der Waals surface area contributed by atoms with Crippen molar-refractivity contribution < 1.29 is 0 Å². The van der Waals surface area contributed by atoms with Crippen LogP contribution in [0.4, 0.5) is 0 Å². The fourth-order valence-corrected chi connectivity index (χ4v) is 3.68. The molecule has 2 aliphatic rings. The zero-order valence-electron chi connectivity index (χ0n) is 12.4. The Hall–Kier alpha value is -0.0800. The maximum absolute atomic E-state index is 3.97. The molecule has 0 radical (unpaired) electrons. The Balaban J connectivity index is 2.18. The monoisotopic (exact) mass is 238 g/mol. The molecule has 0 unspecified atom stereocenters. The Labute approximate surface area is 107 Å². The van der Waals surface area contributed by atoms with Crippen molar-refractivity contribution >= 4 is 0 Å². The van der Waals surface area contributed by atoms with E-state index in [1.165, 1.54) is 38.6 Å². The van der Waals surface area contributed by atoms with Crippen molar-refractivity contribution in [2.75, 3.05) is 13.1 Å². The van der Waals surface area contributed by atoms with Crippen LogP contribution in [-0.2, 0) is 0 Å². The minimum Gasteiger partial charge on any atom is -0.304 e. The van der Waals surface area contributed by atoms with Crippen molar-refractivity contribution in [1.29, 1.82) is 0 Å². The Kier molecular flexibility index (Phi) is 3.33. The van der Waals surface area contributed by atoms with Crippen molar-refractivity contribution in [3.63, 3.8) is 0 Å². The molecular formula is C15H30N2. The summed E-state index contributed by atoms with van der Waals surface area (Å²) in [5, 5.41) is 3.97. The number of nitrogens with one attached hydrogen (secondary N) is 1. The first-order valence-electron chi connectivity index (χ1n) is 7.27. The van der Waals surface area contributed by atoms with Gasteiger partial charge >= 0.3 is 0 Å². The molecule has 0 aromatic rings. The molecule has 2 heteroatoms. The zero-order chi connectivity index (χ0) is 12.7. The number of hydrogen-bond donors (Lipinski definition) is 1. The van der Waals surface area contributed by atoms with Gasteiger partial charge in [-0.15, -0.1) is 0 Å². The Morgan fingerprint density at radius 2 is 1.53 bits per heavy atom. The molecule has 0 atom stereocenters. The maximum Gasteiger partial charge on any atom is 0.0314 e. The number of hydrogen-bond acceptors (Lipinski definition) is 2. The summed E-state index contributed by atoms with van der Waals surface area (Å²) in [4.78, 5) is 2.69. The standard InChI is InChI=1S/C15H30N2/c1-13(2,3)17-11-14(4,5)16-15(12-17)9-7-6-8-10-15/h16H,6-12H2,1-5H3. The summed E-state index contributed by atoms with van der Waals surface area (Å²) >= 11 is 0. The van der Waals surface area contributed by atoms with Crippen molar-refractivity contribution in [1.82, 2.24) is 10.2 Å². The molecule has 0 amide bonds. The van der Waals surface area contributed by atoms with E-state index in [4.69, 9.17) is 0 Å². The molecule has 2 rings (SSSR count). The second kappa shape index (κ2) is 4.24. The van der Waals surface area contributed by atoms with Crippen LogP contribution in [-0.4, -0.2) is 34.6 Å². The van der Waals surface area contributed by atoms with Gasteiger partial charge in [0.25, 0.3) is 0 Å². The highest BCUT2D eigenvalue weighted by molar-refractivity contribution is 5.05. The van der Waals surface area contributed by atoms with E-state index in [9.17, 15) is 0 Å². The molecule has 1 aliphatic carbocycles. The molecule has 0 aromatic carbocycles. The smallest absolute Gasteiger partial charge is 0.0314 e. The van der Waals surface area contributed by atoms with E-state index in [1.807, 2.05) is 0 Å². The first-order chi connectivity index (χ1) is 7.73. The second-order valence-corrected chi connectivity index (χ2v) is 7.88. The van der Waals surface area contributed by atoms with Gasteiger partial charge in [0.2, 0.25) is 0 Å². The molecule has 0 bridgehead atoms. The van der Waals surface area contributed by atoms with Crippen LogP contribution in [0.5, 0.6) is 0 Å². The first-order valence-corrected chi connectivity index (χ1v) is 7.27. The predicted octanol–water partition coefficient (Wildman–Crippen LogP) is 3.17. The molecule has 1 N–H and O–H groups in total. The van der Waals surface area contributed by atoms with Gasteiger partial charge in [0.05, 0.1) is 0 Å². The maximum atomic E-state index is 3.97. The third-order valence-electron chi connectivity index (χ3n) is 4.44. The van der Waals surface area contributed by atoms with Crippen LogP contribution in [0.15, 0.2) is 0 Å². The van der Waals surface area contributed by atoms with Crippen LogP contribution in [0.1, 0.15) is 66.7 Å². The summed E-state index contributed by atoms with van der Waals surface area (Å²) in [6, 6.07) is 0. The average Bonchev–Trinajstić information content (AvgIpc) is 2.14. The van der Waals surface area contributed by atoms with Crippen LogP contribution in [0, 0.1) is 0 Å². The van der Waals surface area contributed by atoms with Crippen LogP contribution in [0.25, 0.3) is 0 Å². The minimum absolute atomic E-state index is 0.253. The van der Waals surface area contributed by atoms with Crippen LogP contribution < -0.4 is 5.32 Å². The van der Waals surface area contributed by atoms with Gasteiger partial charge in [-0.1, -0.05) is 19.3 Å². The van der Waals surface area contributed by atoms with Gasteiger partial charge in [0.1, 0.15) is 0 Å². The van der Waals surface area contributed by atoms with Crippen molar-refractivity contribution in [2.24, 2.45) is 0 Å². The van der Waals surface area contributed by atoms with Gasteiger partial charge in [-0.3, -0.25) is 4.90 Å². The van der Waals surface area contributed by atoms with Gasteiger partial charge in [0.15, 0.2) is 0 Å². The highest BCUT2D eigenvalue weighted by Gasteiger charge is 2.45. The van der Waals surface area contributed by atoms with Gasteiger partial charge in [-0.2, -0.15) is 0 Å². The Morgan fingerprint density at radius 3 is 2.06 bits per heavy atom. The normalized spacial score (nSPS) is 29.5. The average molecular weight is 238 g/mol. The second-order valence-electron chi connectivity index (χ2n) is 7.88. The van der Waals surface area contributed by atoms with E-state index < -0.39 is 0 Å². The fraction of sp³-hybridized carbons (Fsp3) is 1.00. The lowest BCUT2D eigenvalue weighted by atomic mass is 9.76. The van der Waals surface area contributed by atoms with Gasteiger partial charge < -0.3 is 5.32 Å².